The third-order valence-electron chi connectivity index (χ3n) is 5.53. The van der Waals surface area contributed by atoms with Crippen molar-refractivity contribution in [2.45, 2.75) is 46.1 Å². The molecule has 30 heavy (non-hydrogen) atoms. The number of carbonyl (C=O) groups is 1. The minimum Gasteiger partial charge on any atom is -0.482 e. The average Bonchev–Trinajstić information content (AvgIpc) is 3.18. The molecular weight excluding hydrogens is 394 g/mol. The number of anilines is 1. The number of benzene rings is 2. The molecule has 2 aromatic carbocycles. The quantitative estimate of drug-likeness (QED) is 0.555. The van der Waals surface area contributed by atoms with Gasteiger partial charge in [-0.05, 0) is 55.2 Å². The van der Waals surface area contributed by atoms with E-state index in [1.54, 1.807) is 11.3 Å². The van der Waals surface area contributed by atoms with Gasteiger partial charge in [0, 0.05) is 17.0 Å². The molecule has 3 aromatic rings. The lowest BCUT2D eigenvalue weighted by Crippen LogP contribution is -2.25. The van der Waals surface area contributed by atoms with E-state index in [1.165, 1.54) is 5.56 Å². The van der Waals surface area contributed by atoms with Crippen LogP contribution in [0, 0.1) is 0 Å². The fourth-order valence-corrected chi connectivity index (χ4v) is 4.76. The number of hydrogen-bond donors (Lipinski definition) is 1. The van der Waals surface area contributed by atoms with Crippen LogP contribution in [0.2, 0.25) is 0 Å². The minimum atomic E-state index is -0.121. The zero-order valence-electron chi connectivity index (χ0n) is 17.6. The Hall–Kier alpha value is -2.86. The van der Waals surface area contributed by atoms with Crippen molar-refractivity contribution in [1.82, 2.24) is 4.57 Å². The molecule has 1 aliphatic heterocycles. The molecule has 0 radical (unpaired) electrons. The van der Waals surface area contributed by atoms with Crippen LogP contribution in [-0.2, 0) is 11.2 Å². The summed E-state index contributed by atoms with van der Waals surface area (Å²) < 4.78 is 7.85. The number of hydrogen-bond acceptors (Lipinski definition) is 4. The van der Waals surface area contributed by atoms with E-state index < -0.39 is 0 Å². The van der Waals surface area contributed by atoms with Crippen molar-refractivity contribution in [1.29, 1.82) is 0 Å². The van der Waals surface area contributed by atoms with Crippen molar-refractivity contribution in [2.75, 3.05) is 11.9 Å². The van der Waals surface area contributed by atoms with Crippen LogP contribution in [0.4, 0.5) is 11.4 Å². The van der Waals surface area contributed by atoms with Crippen LogP contribution in [0.15, 0.2) is 52.8 Å². The second kappa shape index (κ2) is 8.88. The SMILES string of the molecule is CCc1ccc(N=c2scc(-c3ccc4c(c3)NC(=O)CO4)n2C(CC)CC)cc1. The number of carbonyl (C=O) groups excluding carboxylic acids is 1. The molecule has 1 N–H and O–H groups in total. The minimum absolute atomic E-state index is 0.0678. The number of aryl methyl sites for hydroxylation is 1. The van der Waals surface area contributed by atoms with Crippen molar-refractivity contribution in [3.63, 3.8) is 0 Å². The Kier molecular flexibility index (Phi) is 6.04. The lowest BCUT2D eigenvalue weighted by atomic mass is 10.1. The second-order valence-corrected chi connectivity index (χ2v) is 8.26. The smallest absolute Gasteiger partial charge is 0.262 e. The van der Waals surface area contributed by atoms with Gasteiger partial charge in [0.1, 0.15) is 5.75 Å². The normalized spacial score (nSPS) is 13.9. The number of fused-ring (bicyclic) bond motifs is 1. The second-order valence-electron chi connectivity index (χ2n) is 7.42. The van der Waals surface area contributed by atoms with Gasteiger partial charge in [0.15, 0.2) is 11.4 Å². The number of ether oxygens (including phenoxy) is 1. The molecule has 0 unspecified atom stereocenters. The Morgan fingerprint density at radius 1 is 1.13 bits per heavy atom. The molecule has 0 atom stereocenters. The highest BCUT2D eigenvalue weighted by molar-refractivity contribution is 7.07. The molecule has 0 bridgehead atoms. The average molecular weight is 422 g/mol. The first-order chi connectivity index (χ1) is 14.6. The topological polar surface area (TPSA) is 55.6 Å². The van der Waals surface area contributed by atoms with Crippen LogP contribution >= 0.6 is 11.3 Å². The third kappa shape index (κ3) is 4.05. The van der Waals surface area contributed by atoms with Gasteiger partial charge in [-0.1, -0.05) is 32.9 Å². The molecule has 1 aliphatic rings. The fourth-order valence-electron chi connectivity index (χ4n) is 3.78. The van der Waals surface area contributed by atoms with Crippen molar-refractivity contribution in [3.05, 3.63) is 58.2 Å². The summed E-state index contributed by atoms with van der Waals surface area (Å²) in [6.07, 6.45) is 3.07. The predicted molar refractivity (Wildman–Crippen MR) is 123 cm³/mol. The fraction of sp³-hybridized carbons (Fsp3) is 0.333. The van der Waals surface area contributed by atoms with Crippen molar-refractivity contribution in [3.8, 4) is 17.0 Å². The lowest BCUT2D eigenvalue weighted by molar-refractivity contribution is -0.118. The summed E-state index contributed by atoms with van der Waals surface area (Å²) in [5.41, 5.74) is 5.16. The molecule has 0 spiro atoms. The molecule has 2 heterocycles. The van der Waals surface area contributed by atoms with Gasteiger partial charge in [0.2, 0.25) is 0 Å². The van der Waals surface area contributed by atoms with E-state index in [0.29, 0.717) is 11.8 Å². The van der Waals surface area contributed by atoms with Gasteiger partial charge in [0.25, 0.3) is 5.91 Å². The zero-order valence-corrected chi connectivity index (χ0v) is 18.5. The summed E-state index contributed by atoms with van der Waals surface area (Å²) in [6.45, 7) is 6.65. The van der Waals surface area contributed by atoms with Gasteiger partial charge >= 0.3 is 0 Å². The number of aromatic nitrogens is 1. The Labute approximate surface area is 181 Å². The van der Waals surface area contributed by atoms with E-state index in [0.717, 1.165) is 46.7 Å². The van der Waals surface area contributed by atoms with Gasteiger partial charge in [-0.2, -0.15) is 0 Å². The monoisotopic (exact) mass is 421 g/mol. The van der Waals surface area contributed by atoms with Crippen LogP contribution in [0.25, 0.3) is 11.3 Å². The highest BCUT2D eigenvalue weighted by Gasteiger charge is 2.19. The van der Waals surface area contributed by atoms with Gasteiger partial charge < -0.3 is 14.6 Å². The summed E-state index contributed by atoms with van der Waals surface area (Å²) >= 11 is 1.65. The Balaban J connectivity index is 1.82. The molecule has 1 aromatic heterocycles. The van der Waals surface area contributed by atoms with Crippen molar-refractivity contribution < 1.29 is 9.53 Å². The third-order valence-corrected chi connectivity index (χ3v) is 6.37. The molecule has 156 valence electrons. The van der Waals surface area contributed by atoms with E-state index in [9.17, 15) is 4.79 Å². The van der Waals surface area contributed by atoms with Gasteiger partial charge in [-0.3, -0.25) is 4.79 Å². The highest BCUT2D eigenvalue weighted by Crippen LogP contribution is 2.34. The van der Waals surface area contributed by atoms with Crippen LogP contribution in [0.1, 0.15) is 45.2 Å². The summed E-state index contributed by atoms with van der Waals surface area (Å²) in [5, 5.41) is 5.07. The van der Waals surface area contributed by atoms with Gasteiger partial charge in [-0.25, -0.2) is 4.99 Å². The number of amides is 1. The number of thiazole rings is 1. The Bertz CT molecular complexity index is 1110. The van der Waals surface area contributed by atoms with Gasteiger partial charge in [0.05, 0.1) is 17.1 Å². The molecule has 5 nitrogen and oxygen atoms in total. The molecule has 1 amide bonds. The molecule has 0 fully saturated rings. The van der Waals surface area contributed by atoms with Crippen LogP contribution in [-0.4, -0.2) is 17.1 Å². The summed E-state index contributed by atoms with van der Waals surface area (Å²) in [7, 11) is 0. The molecule has 6 heteroatoms. The maximum absolute atomic E-state index is 11.7. The predicted octanol–water partition coefficient (Wildman–Crippen LogP) is 5.70. The Morgan fingerprint density at radius 3 is 2.60 bits per heavy atom. The summed E-state index contributed by atoms with van der Waals surface area (Å²) in [5.74, 6) is 0.590. The summed E-state index contributed by atoms with van der Waals surface area (Å²) in [4.78, 5) is 17.7. The zero-order chi connectivity index (χ0) is 21.1. The first-order valence-corrected chi connectivity index (χ1v) is 11.4. The van der Waals surface area contributed by atoms with Crippen LogP contribution in [0.3, 0.4) is 0 Å². The number of nitrogens with one attached hydrogen (secondary N) is 1. The molecular formula is C24H27N3O2S. The maximum Gasteiger partial charge on any atom is 0.262 e. The maximum atomic E-state index is 11.7. The number of nitrogens with zero attached hydrogens (tertiary/aromatic N) is 2. The first-order valence-electron chi connectivity index (χ1n) is 10.5. The van der Waals surface area contributed by atoms with E-state index in [1.807, 2.05) is 12.1 Å². The standard InChI is InChI=1S/C24H27N3O2S/c1-4-16-7-10-18(11-8-16)25-24-27(19(5-2)6-3)21(15-30-24)17-9-12-22-20(13-17)26-23(28)14-29-22/h7-13,15,19H,4-6,14H2,1-3H3,(H,26,28). The lowest BCUT2D eigenvalue weighted by Gasteiger charge is -2.21. The molecule has 4 rings (SSSR count). The number of rotatable bonds is 6. The summed E-state index contributed by atoms with van der Waals surface area (Å²) in [6, 6.07) is 14.8. The largest absolute Gasteiger partial charge is 0.482 e. The van der Waals surface area contributed by atoms with Crippen LogP contribution in [0.5, 0.6) is 5.75 Å². The van der Waals surface area contributed by atoms with E-state index in [2.05, 4.69) is 66.4 Å². The first kappa shape index (κ1) is 20.4. The highest BCUT2D eigenvalue weighted by atomic mass is 32.1. The Morgan fingerprint density at radius 2 is 1.90 bits per heavy atom. The van der Waals surface area contributed by atoms with E-state index in [4.69, 9.17) is 9.73 Å². The molecule has 0 saturated heterocycles. The van der Waals surface area contributed by atoms with Crippen molar-refractivity contribution in [2.24, 2.45) is 4.99 Å². The molecule has 0 saturated carbocycles. The van der Waals surface area contributed by atoms with Crippen LogP contribution < -0.4 is 14.9 Å². The van der Waals surface area contributed by atoms with Gasteiger partial charge in [-0.15, -0.1) is 11.3 Å². The van der Waals surface area contributed by atoms with E-state index >= 15 is 0 Å². The van der Waals surface area contributed by atoms with Crippen molar-refractivity contribution >= 4 is 28.6 Å². The molecule has 0 aliphatic carbocycles. The van der Waals surface area contributed by atoms with E-state index in [-0.39, 0.29) is 12.5 Å².